The first-order valence-corrected chi connectivity index (χ1v) is 3.99. The van der Waals surface area contributed by atoms with Crippen molar-refractivity contribution < 1.29 is 0 Å². The number of aryl methyl sites for hydroxylation is 2. The highest BCUT2D eigenvalue weighted by Gasteiger charge is 2.09. The predicted molar refractivity (Wildman–Crippen MR) is 48.2 cm³/mol. The molecule has 1 heterocycles. The van der Waals surface area contributed by atoms with Gasteiger partial charge in [-0.2, -0.15) is 5.26 Å². The van der Waals surface area contributed by atoms with Crippen LogP contribution in [0.1, 0.15) is 22.5 Å². The summed E-state index contributed by atoms with van der Waals surface area (Å²) in [5.41, 5.74) is 2.94. The Balaban J connectivity index is 3.54. The summed E-state index contributed by atoms with van der Waals surface area (Å²) >= 11 is 5.92. The fourth-order valence-corrected chi connectivity index (χ4v) is 1.31. The summed E-state index contributed by atoms with van der Waals surface area (Å²) in [6, 6.07) is 2.08. The molecule has 0 radical (unpaired) electrons. The van der Waals surface area contributed by atoms with E-state index in [0.717, 1.165) is 17.0 Å². The second kappa shape index (κ2) is 3.12. The summed E-state index contributed by atoms with van der Waals surface area (Å²) in [4.78, 5) is 4.15. The molecule has 0 aliphatic heterocycles. The van der Waals surface area contributed by atoms with E-state index in [9.17, 15) is 0 Å². The van der Waals surface area contributed by atoms with Gasteiger partial charge in [0, 0.05) is 0 Å². The van der Waals surface area contributed by atoms with E-state index in [1.807, 2.05) is 20.8 Å². The lowest BCUT2D eigenvalue weighted by atomic mass is 10.1. The molecular weight excluding hydrogens is 172 g/mol. The highest BCUT2D eigenvalue weighted by atomic mass is 35.5. The first-order valence-electron chi connectivity index (χ1n) is 3.61. The molecule has 0 unspecified atom stereocenters. The summed E-state index contributed by atoms with van der Waals surface area (Å²) in [5, 5.41) is 9.36. The lowest BCUT2D eigenvalue weighted by molar-refractivity contribution is 1.09. The first kappa shape index (κ1) is 9.02. The lowest BCUT2D eigenvalue weighted by Gasteiger charge is -2.05. The Kier molecular flexibility index (Phi) is 2.35. The van der Waals surface area contributed by atoms with Gasteiger partial charge in [-0.05, 0) is 26.3 Å². The van der Waals surface area contributed by atoms with Gasteiger partial charge in [0.1, 0.15) is 6.07 Å². The van der Waals surface area contributed by atoms with Crippen LogP contribution in [0, 0.1) is 32.1 Å². The zero-order chi connectivity index (χ0) is 9.30. The van der Waals surface area contributed by atoms with Gasteiger partial charge in [-0.3, -0.25) is 4.98 Å². The zero-order valence-electron chi connectivity index (χ0n) is 7.27. The van der Waals surface area contributed by atoms with Gasteiger partial charge in [0.2, 0.25) is 0 Å². The van der Waals surface area contributed by atoms with E-state index in [0.29, 0.717) is 10.6 Å². The third kappa shape index (κ3) is 1.28. The molecule has 0 saturated carbocycles. The molecule has 0 N–H and O–H groups in total. The zero-order valence-corrected chi connectivity index (χ0v) is 8.03. The summed E-state index contributed by atoms with van der Waals surface area (Å²) in [7, 11) is 0. The molecule has 12 heavy (non-hydrogen) atoms. The number of pyridine rings is 1. The Bertz CT molecular complexity index is 364. The van der Waals surface area contributed by atoms with Gasteiger partial charge in [-0.25, -0.2) is 0 Å². The number of nitriles is 1. The molecule has 0 atom stereocenters. The van der Waals surface area contributed by atoms with Gasteiger partial charge < -0.3 is 0 Å². The molecule has 1 rings (SSSR count). The topological polar surface area (TPSA) is 36.7 Å². The first-order chi connectivity index (χ1) is 5.57. The van der Waals surface area contributed by atoms with Gasteiger partial charge >= 0.3 is 0 Å². The van der Waals surface area contributed by atoms with Gasteiger partial charge in [-0.1, -0.05) is 11.6 Å². The van der Waals surface area contributed by atoms with Gasteiger partial charge in [0.25, 0.3) is 0 Å². The smallest absolute Gasteiger partial charge is 0.101 e. The van der Waals surface area contributed by atoms with Crippen LogP contribution in [-0.2, 0) is 0 Å². The van der Waals surface area contributed by atoms with E-state index >= 15 is 0 Å². The molecule has 0 saturated heterocycles. The van der Waals surface area contributed by atoms with Gasteiger partial charge in [-0.15, -0.1) is 0 Å². The third-order valence-corrected chi connectivity index (χ3v) is 2.39. The second-order valence-corrected chi connectivity index (χ2v) is 3.09. The van der Waals surface area contributed by atoms with Gasteiger partial charge in [0.15, 0.2) is 0 Å². The van der Waals surface area contributed by atoms with E-state index in [2.05, 4.69) is 11.1 Å². The second-order valence-electron chi connectivity index (χ2n) is 2.71. The lowest BCUT2D eigenvalue weighted by Crippen LogP contribution is -1.96. The SMILES string of the molecule is Cc1nc(C)c(C#N)c(C)c1Cl. The Morgan fingerprint density at radius 2 is 1.83 bits per heavy atom. The monoisotopic (exact) mass is 180 g/mol. The Labute approximate surface area is 76.8 Å². The number of halogens is 1. The van der Waals surface area contributed by atoms with Crippen molar-refractivity contribution in [2.24, 2.45) is 0 Å². The number of aromatic nitrogens is 1. The minimum Gasteiger partial charge on any atom is -0.256 e. The highest BCUT2D eigenvalue weighted by Crippen LogP contribution is 2.22. The number of hydrogen-bond acceptors (Lipinski definition) is 2. The predicted octanol–water partition coefficient (Wildman–Crippen LogP) is 2.53. The molecule has 0 aliphatic carbocycles. The summed E-state index contributed by atoms with van der Waals surface area (Å²) in [5.74, 6) is 0. The minimum atomic E-state index is 0.589. The molecule has 1 aromatic rings. The maximum absolute atomic E-state index is 8.77. The van der Waals surface area contributed by atoms with E-state index in [4.69, 9.17) is 16.9 Å². The Morgan fingerprint density at radius 3 is 2.33 bits per heavy atom. The molecule has 0 bridgehead atoms. The van der Waals surface area contributed by atoms with E-state index in [1.54, 1.807) is 0 Å². The number of hydrogen-bond donors (Lipinski definition) is 0. The van der Waals surface area contributed by atoms with Crippen molar-refractivity contribution in [3.63, 3.8) is 0 Å². The largest absolute Gasteiger partial charge is 0.256 e. The molecule has 3 heteroatoms. The van der Waals surface area contributed by atoms with Crippen LogP contribution >= 0.6 is 11.6 Å². The quantitative estimate of drug-likeness (QED) is 0.615. The van der Waals surface area contributed by atoms with E-state index < -0.39 is 0 Å². The van der Waals surface area contributed by atoms with Crippen LogP contribution < -0.4 is 0 Å². The van der Waals surface area contributed by atoms with Crippen molar-refractivity contribution in [2.45, 2.75) is 20.8 Å². The maximum atomic E-state index is 8.77. The number of rotatable bonds is 0. The summed E-state index contributed by atoms with van der Waals surface area (Å²) in [6.07, 6.45) is 0. The van der Waals surface area contributed by atoms with Crippen LogP contribution in [0.3, 0.4) is 0 Å². The van der Waals surface area contributed by atoms with Crippen LogP contribution in [0.2, 0.25) is 5.02 Å². The fraction of sp³-hybridized carbons (Fsp3) is 0.333. The molecule has 62 valence electrons. The van der Waals surface area contributed by atoms with Crippen molar-refractivity contribution in [1.82, 2.24) is 4.98 Å². The van der Waals surface area contributed by atoms with Crippen LogP contribution in [0.4, 0.5) is 0 Å². The van der Waals surface area contributed by atoms with Gasteiger partial charge in [0.05, 0.1) is 22.0 Å². The van der Waals surface area contributed by atoms with Crippen molar-refractivity contribution in [2.75, 3.05) is 0 Å². The van der Waals surface area contributed by atoms with Crippen molar-refractivity contribution in [3.8, 4) is 6.07 Å². The molecule has 1 aromatic heterocycles. The molecule has 0 aromatic carbocycles. The number of nitrogens with zero attached hydrogens (tertiary/aromatic N) is 2. The normalized spacial score (nSPS) is 9.58. The van der Waals surface area contributed by atoms with Crippen molar-refractivity contribution in [1.29, 1.82) is 5.26 Å². The van der Waals surface area contributed by atoms with E-state index in [1.165, 1.54) is 0 Å². The van der Waals surface area contributed by atoms with Crippen LogP contribution in [0.5, 0.6) is 0 Å². The van der Waals surface area contributed by atoms with Crippen LogP contribution in [-0.4, -0.2) is 4.98 Å². The molecular formula is C9H9ClN2. The average molecular weight is 181 g/mol. The highest BCUT2D eigenvalue weighted by molar-refractivity contribution is 6.32. The molecule has 2 nitrogen and oxygen atoms in total. The Hall–Kier alpha value is -1.07. The maximum Gasteiger partial charge on any atom is 0.101 e. The van der Waals surface area contributed by atoms with Crippen molar-refractivity contribution >= 4 is 11.6 Å². The molecule has 0 spiro atoms. The standard InChI is InChI=1S/C9H9ClN2/c1-5-8(4-11)6(2)12-7(3)9(5)10/h1-3H3. The average Bonchev–Trinajstić information content (AvgIpc) is 2.01. The summed E-state index contributed by atoms with van der Waals surface area (Å²) in [6.45, 7) is 5.49. The molecule has 0 amide bonds. The van der Waals surface area contributed by atoms with E-state index in [-0.39, 0.29) is 0 Å². The summed E-state index contributed by atoms with van der Waals surface area (Å²) < 4.78 is 0. The fourth-order valence-electron chi connectivity index (χ4n) is 1.17. The van der Waals surface area contributed by atoms with Crippen LogP contribution in [0.15, 0.2) is 0 Å². The van der Waals surface area contributed by atoms with Crippen LogP contribution in [0.25, 0.3) is 0 Å². The minimum absolute atomic E-state index is 0.589. The van der Waals surface area contributed by atoms with Crippen molar-refractivity contribution in [3.05, 3.63) is 27.5 Å². The Morgan fingerprint density at radius 1 is 1.25 bits per heavy atom. The third-order valence-electron chi connectivity index (χ3n) is 1.83. The molecule has 0 fully saturated rings. The molecule has 0 aliphatic rings.